The molecule has 0 spiro atoms. The Balaban J connectivity index is 1.73. The number of benzene rings is 1. The molecule has 2 aromatic rings. The van der Waals surface area contributed by atoms with Crippen LogP contribution in [0.5, 0.6) is 5.88 Å². The number of aliphatic hydroxyl groups is 1. The molecule has 104 valence electrons. The Kier molecular flexibility index (Phi) is 3.65. The van der Waals surface area contributed by atoms with Gasteiger partial charge in [-0.15, -0.1) is 10.2 Å². The molecule has 0 fully saturated rings. The first-order chi connectivity index (χ1) is 9.76. The largest absolute Gasteiger partial charge is 0.480 e. The van der Waals surface area contributed by atoms with E-state index in [4.69, 9.17) is 4.74 Å². The second kappa shape index (κ2) is 5.59. The molecule has 1 atom stereocenters. The van der Waals surface area contributed by atoms with Gasteiger partial charge in [0.1, 0.15) is 6.10 Å². The van der Waals surface area contributed by atoms with E-state index < -0.39 is 6.10 Å². The second-order valence-corrected chi connectivity index (χ2v) is 5.18. The number of aryl methyl sites for hydroxylation is 2. The quantitative estimate of drug-likeness (QED) is 0.925. The average Bonchev–Trinajstić information content (AvgIpc) is 2.95. The van der Waals surface area contributed by atoms with Crippen LogP contribution < -0.4 is 4.74 Å². The Morgan fingerprint density at radius 1 is 1.15 bits per heavy atom. The first-order valence-electron chi connectivity index (χ1n) is 6.92. The Hall–Kier alpha value is -1.94. The first kappa shape index (κ1) is 13.1. The monoisotopic (exact) mass is 270 g/mol. The number of hydrogen-bond donors (Lipinski definition) is 1. The molecular formula is C16H18N2O2. The molecule has 1 unspecified atom stereocenters. The lowest BCUT2D eigenvalue weighted by Gasteiger charge is -2.11. The van der Waals surface area contributed by atoms with Crippen LogP contribution in [0, 0.1) is 0 Å². The summed E-state index contributed by atoms with van der Waals surface area (Å²) in [6, 6.07) is 9.97. The molecular weight excluding hydrogens is 252 g/mol. The van der Waals surface area contributed by atoms with Crippen LogP contribution in [0.3, 0.4) is 0 Å². The highest BCUT2D eigenvalue weighted by atomic mass is 16.5. The van der Waals surface area contributed by atoms with E-state index >= 15 is 0 Å². The number of nitrogens with zero attached hydrogens (tertiary/aromatic N) is 2. The van der Waals surface area contributed by atoms with Gasteiger partial charge in [-0.2, -0.15) is 0 Å². The van der Waals surface area contributed by atoms with Crippen molar-refractivity contribution < 1.29 is 9.84 Å². The highest BCUT2D eigenvalue weighted by molar-refractivity contribution is 5.35. The summed E-state index contributed by atoms with van der Waals surface area (Å²) in [6.45, 7) is 0. The fourth-order valence-corrected chi connectivity index (χ4v) is 2.70. The van der Waals surface area contributed by atoms with Crippen LogP contribution in [0.25, 0.3) is 0 Å². The molecule has 1 aliphatic rings. The van der Waals surface area contributed by atoms with Crippen molar-refractivity contribution in [1.29, 1.82) is 0 Å². The smallest absolute Gasteiger partial charge is 0.233 e. The summed E-state index contributed by atoms with van der Waals surface area (Å²) in [6.07, 6.45) is 3.51. The Morgan fingerprint density at radius 3 is 2.75 bits per heavy atom. The number of ether oxygens (including phenoxy) is 1. The fraction of sp³-hybridized carbons (Fsp3) is 0.375. The number of hydrogen-bond acceptors (Lipinski definition) is 4. The summed E-state index contributed by atoms with van der Waals surface area (Å²) in [5.41, 5.74) is 4.60. The molecule has 20 heavy (non-hydrogen) atoms. The minimum atomic E-state index is -0.632. The van der Waals surface area contributed by atoms with Gasteiger partial charge in [-0.25, -0.2) is 0 Å². The van der Waals surface area contributed by atoms with Crippen molar-refractivity contribution in [1.82, 2.24) is 10.2 Å². The molecule has 0 saturated heterocycles. The van der Waals surface area contributed by atoms with E-state index in [2.05, 4.69) is 28.4 Å². The van der Waals surface area contributed by atoms with E-state index in [-0.39, 0.29) is 0 Å². The lowest BCUT2D eigenvalue weighted by atomic mass is 10.0. The predicted molar refractivity (Wildman–Crippen MR) is 75.7 cm³/mol. The first-order valence-corrected chi connectivity index (χ1v) is 6.92. The van der Waals surface area contributed by atoms with Crippen molar-refractivity contribution in [3.63, 3.8) is 0 Å². The molecule has 0 aliphatic heterocycles. The van der Waals surface area contributed by atoms with Crippen LogP contribution in [0.1, 0.15) is 34.9 Å². The third-order valence-corrected chi connectivity index (χ3v) is 3.80. The Bertz CT molecular complexity index is 596. The number of aliphatic hydroxyl groups excluding tert-OH is 1. The van der Waals surface area contributed by atoms with Gasteiger partial charge >= 0.3 is 0 Å². The van der Waals surface area contributed by atoms with Gasteiger partial charge < -0.3 is 9.84 Å². The van der Waals surface area contributed by atoms with Gasteiger partial charge in [0.05, 0.1) is 12.8 Å². The zero-order valence-corrected chi connectivity index (χ0v) is 11.5. The molecule has 0 amide bonds. The van der Waals surface area contributed by atoms with Crippen molar-refractivity contribution in [3.05, 3.63) is 52.7 Å². The summed E-state index contributed by atoms with van der Waals surface area (Å²) in [4.78, 5) is 0. The standard InChI is InChI=1S/C16H18N2O2/c1-20-16-8-7-14(17-18-16)15(19)10-11-5-6-12-3-2-4-13(12)9-11/h5-9,15,19H,2-4,10H2,1H3. The summed E-state index contributed by atoms with van der Waals surface area (Å²) < 4.78 is 4.96. The van der Waals surface area contributed by atoms with Gasteiger partial charge in [0.2, 0.25) is 5.88 Å². The van der Waals surface area contributed by atoms with E-state index in [0.717, 1.165) is 12.0 Å². The van der Waals surface area contributed by atoms with Crippen LogP contribution >= 0.6 is 0 Å². The second-order valence-electron chi connectivity index (χ2n) is 5.18. The van der Waals surface area contributed by atoms with E-state index in [1.807, 2.05) is 0 Å². The molecule has 1 heterocycles. The van der Waals surface area contributed by atoms with Gasteiger partial charge in [-0.05, 0) is 42.0 Å². The van der Waals surface area contributed by atoms with Crippen molar-refractivity contribution >= 4 is 0 Å². The molecule has 1 aromatic carbocycles. The normalized spacial score (nSPS) is 14.9. The SMILES string of the molecule is COc1ccc(C(O)Cc2ccc3c(c2)CCC3)nn1. The van der Waals surface area contributed by atoms with Gasteiger partial charge in [0, 0.05) is 12.5 Å². The molecule has 0 bridgehead atoms. The number of fused-ring (bicyclic) bond motifs is 1. The topological polar surface area (TPSA) is 55.2 Å². The minimum Gasteiger partial charge on any atom is -0.480 e. The maximum Gasteiger partial charge on any atom is 0.233 e. The maximum atomic E-state index is 10.2. The molecule has 0 saturated carbocycles. The Labute approximate surface area is 118 Å². The molecule has 1 aromatic heterocycles. The highest BCUT2D eigenvalue weighted by Crippen LogP contribution is 2.25. The summed E-state index contributed by atoms with van der Waals surface area (Å²) in [7, 11) is 1.55. The number of methoxy groups -OCH3 is 1. The molecule has 1 N–H and O–H groups in total. The third kappa shape index (κ3) is 2.65. The zero-order chi connectivity index (χ0) is 13.9. The van der Waals surface area contributed by atoms with Crippen LogP contribution in [-0.4, -0.2) is 22.4 Å². The molecule has 0 radical (unpaired) electrons. The van der Waals surface area contributed by atoms with Crippen molar-refractivity contribution in [2.75, 3.05) is 7.11 Å². The maximum absolute atomic E-state index is 10.2. The molecule has 1 aliphatic carbocycles. The van der Waals surface area contributed by atoms with Gasteiger partial charge in [-0.1, -0.05) is 18.2 Å². The van der Waals surface area contributed by atoms with E-state index in [9.17, 15) is 5.11 Å². The van der Waals surface area contributed by atoms with Crippen LogP contribution in [-0.2, 0) is 19.3 Å². The Morgan fingerprint density at radius 2 is 2.00 bits per heavy atom. The van der Waals surface area contributed by atoms with Crippen LogP contribution in [0.4, 0.5) is 0 Å². The van der Waals surface area contributed by atoms with Crippen molar-refractivity contribution in [2.45, 2.75) is 31.8 Å². The lowest BCUT2D eigenvalue weighted by Crippen LogP contribution is -2.06. The average molecular weight is 270 g/mol. The lowest BCUT2D eigenvalue weighted by molar-refractivity contribution is 0.172. The summed E-state index contributed by atoms with van der Waals surface area (Å²) in [5.74, 6) is 0.457. The third-order valence-electron chi connectivity index (χ3n) is 3.80. The molecule has 4 heteroatoms. The fourth-order valence-electron chi connectivity index (χ4n) is 2.70. The zero-order valence-electron chi connectivity index (χ0n) is 11.5. The van der Waals surface area contributed by atoms with E-state index in [1.165, 1.54) is 24.0 Å². The van der Waals surface area contributed by atoms with Crippen LogP contribution in [0.2, 0.25) is 0 Å². The molecule has 3 rings (SSSR count). The van der Waals surface area contributed by atoms with E-state index in [1.54, 1.807) is 19.2 Å². The van der Waals surface area contributed by atoms with Gasteiger partial charge in [-0.3, -0.25) is 0 Å². The minimum absolute atomic E-state index is 0.457. The van der Waals surface area contributed by atoms with Crippen molar-refractivity contribution in [3.8, 4) is 5.88 Å². The number of rotatable bonds is 4. The van der Waals surface area contributed by atoms with Crippen molar-refractivity contribution in [2.24, 2.45) is 0 Å². The predicted octanol–water partition coefficient (Wildman–Crippen LogP) is 2.25. The molecule has 4 nitrogen and oxygen atoms in total. The number of aromatic nitrogens is 2. The van der Waals surface area contributed by atoms with Gasteiger partial charge in [0.25, 0.3) is 0 Å². The highest BCUT2D eigenvalue weighted by Gasteiger charge is 2.14. The van der Waals surface area contributed by atoms with Crippen LogP contribution in [0.15, 0.2) is 30.3 Å². The summed E-state index contributed by atoms with van der Waals surface area (Å²) in [5, 5.41) is 18.1. The summed E-state index contributed by atoms with van der Waals surface area (Å²) >= 11 is 0. The van der Waals surface area contributed by atoms with Gasteiger partial charge in [0.15, 0.2) is 0 Å². The van der Waals surface area contributed by atoms with E-state index in [0.29, 0.717) is 18.0 Å².